The predicted molar refractivity (Wildman–Crippen MR) is 120 cm³/mol. The van der Waals surface area contributed by atoms with Gasteiger partial charge in [-0.3, -0.25) is 9.59 Å². The van der Waals surface area contributed by atoms with Crippen molar-refractivity contribution in [3.63, 3.8) is 0 Å². The molecule has 4 aliphatic carbocycles. The molecule has 3 saturated carbocycles. The van der Waals surface area contributed by atoms with Crippen molar-refractivity contribution in [2.24, 2.45) is 39.9 Å². The summed E-state index contributed by atoms with van der Waals surface area (Å²) in [5.74, 6) is 2.73. The van der Waals surface area contributed by atoms with Crippen LogP contribution in [0.3, 0.4) is 0 Å². The van der Waals surface area contributed by atoms with E-state index >= 15 is 0 Å². The molecule has 0 spiro atoms. The molecule has 0 heterocycles. The van der Waals surface area contributed by atoms with Crippen molar-refractivity contribution in [1.29, 1.82) is 0 Å². The highest BCUT2D eigenvalue weighted by Crippen LogP contribution is 2.66. The minimum absolute atomic E-state index is 0.0948. The normalized spacial score (nSPS) is 43.2. The average Bonchev–Trinajstić information content (AvgIpc) is 2.97. The van der Waals surface area contributed by atoms with Crippen LogP contribution in [0.15, 0.2) is 24.3 Å². The number of esters is 1. The summed E-state index contributed by atoms with van der Waals surface area (Å²) in [6.45, 7) is 14.5. The topological polar surface area (TPSA) is 43.4 Å². The lowest BCUT2D eigenvalue weighted by atomic mass is 9.44. The van der Waals surface area contributed by atoms with Gasteiger partial charge in [-0.2, -0.15) is 0 Å². The molecule has 4 rings (SSSR count). The fourth-order valence-electron chi connectivity index (χ4n) is 7.47. The van der Waals surface area contributed by atoms with E-state index in [1.165, 1.54) is 5.57 Å². The quantitative estimate of drug-likeness (QED) is 0.405. The third-order valence-corrected chi connectivity index (χ3v) is 9.30. The Morgan fingerprint density at radius 3 is 2.50 bits per heavy atom. The van der Waals surface area contributed by atoms with Gasteiger partial charge in [0.05, 0.1) is 5.41 Å². The van der Waals surface area contributed by atoms with Crippen LogP contribution >= 0.6 is 0 Å². The number of hydrogen-bond acceptors (Lipinski definition) is 3. The lowest BCUT2D eigenvalue weighted by Gasteiger charge is -2.60. The Bertz CT molecular complexity index is 771. The smallest absolute Gasteiger partial charge is 0.311 e. The SMILES string of the molecule is C=CC[C@@H]1CC2=C[C@@H](OC(=O)C(C)(C)C)CC[C@]2(C)C2CC[C@]3(C)C(=O)CCC3C21. The number of fused-ring (bicyclic) bond motifs is 5. The summed E-state index contributed by atoms with van der Waals surface area (Å²) in [5.41, 5.74) is 1.12. The Balaban J connectivity index is 1.64. The molecule has 0 N–H and O–H groups in total. The second-order valence-electron chi connectivity index (χ2n) is 12.0. The van der Waals surface area contributed by atoms with Gasteiger partial charge < -0.3 is 4.74 Å². The van der Waals surface area contributed by atoms with Gasteiger partial charge in [0.2, 0.25) is 0 Å². The highest BCUT2D eigenvalue weighted by molar-refractivity contribution is 5.87. The lowest BCUT2D eigenvalue weighted by Crippen LogP contribution is -2.54. The van der Waals surface area contributed by atoms with E-state index in [9.17, 15) is 9.59 Å². The molecule has 0 aliphatic heterocycles. The van der Waals surface area contributed by atoms with Crippen LogP contribution in [0.5, 0.6) is 0 Å². The summed E-state index contributed by atoms with van der Waals surface area (Å²) in [4.78, 5) is 25.2. The Labute approximate surface area is 182 Å². The molecule has 0 aromatic carbocycles. The van der Waals surface area contributed by atoms with Crippen LogP contribution in [-0.4, -0.2) is 17.9 Å². The van der Waals surface area contributed by atoms with Crippen molar-refractivity contribution in [3.8, 4) is 0 Å². The summed E-state index contributed by atoms with van der Waals surface area (Å²) >= 11 is 0. The van der Waals surface area contributed by atoms with Gasteiger partial charge in [0.15, 0.2) is 0 Å². The van der Waals surface area contributed by atoms with Gasteiger partial charge in [-0.15, -0.1) is 6.58 Å². The molecule has 3 unspecified atom stereocenters. The van der Waals surface area contributed by atoms with Crippen LogP contribution < -0.4 is 0 Å². The predicted octanol–water partition coefficient (Wildman–Crippen LogP) is 6.28. The molecule has 0 amide bonds. The summed E-state index contributed by atoms with van der Waals surface area (Å²) in [5, 5.41) is 0. The van der Waals surface area contributed by atoms with Gasteiger partial charge in [-0.25, -0.2) is 0 Å². The van der Waals surface area contributed by atoms with Crippen LogP contribution in [0.1, 0.15) is 86.0 Å². The molecular weight excluding hydrogens is 372 g/mol. The first-order chi connectivity index (χ1) is 14.0. The van der Waals surface area contributed by atoms with Crippen LogP contribution in [0.4, 0.5) is 0 Å². The van der Waals surface area contributed by atoms with E-state index in [-0.39, 0.29) is 22.9 Å². The first-order valence-electron chi connectivity index (χ1n) is 12.1. The standard InChI is InChI=1S/C27H40O3/c1-7-8-17-15-18-16-19(30-24(29)25(2,3)4)11-13-26(18,5)21-12-14-27(6)20(23(17)21)9-10-22(27)28/h7,16-17,19-21,23H,1,8-15H2,2-6H3/t17-,19+,20?,21?,23?,26+,27+/m1/s1. The van der Waals surface area contributed by atoms with E-state index in [4.69, 9.17) is 4.74 Å². The molecule has 0 bridgehead atoms. The molecule has 0 aromatic heterocycles. The number of carbonyl (C=O) groups excluding carboxylic acids is 2. The second-order valence-corrected chi connectivity index (χ2v) is 12.0. The monoisotopic (exact) mass is 412 g/mol. The fourth-order valence-corrected chi connectivity index (χ4v) is 7.47. The zero-order chi connectivity index (χ0) is 21.9. The summed E-state index contributed by atoms with van der Waals surface area (Å²) in [6, 6.07) is 0. The molecule has 4 aliphatic rings. The van der Waals surface area contributed by atoms with E-state index < -0.39 is 5.41 Å². The van der Waals surface area contributed by atoms with Gasteiger partial charge in [0.1, 0.15) is 11.9 Å². The Morgan fingerprint density at radius 2 is 1.83 bits per heavy atom. The van der Waals surface area contributed by atoms with Gasteiger partial charge in [0, 0.05) is 11.8 Å². The first kappa shape index (κ1) is 21.8. The number of ketones is 1. The summed E-state index contributed by atoms with van der Waals surface area (Å²) in [6.07, 6.45) is 12.4. The lowest BCUT2D eigenvalue weighted by molar-refractivity contribution is -0.157. The molecular formula is C27H40O3. The minimum atomic E-state index is -0.467. The molecule has 3 fully saturated rings. The number of allylic oxidation sites excluding steroid dienone is 2. The third-order valence-electron chi connectivity index (χ3n) is 9.30. The molecule has 3 nitrogen and oxygen atoms in total. The van der Waals surface area contributed by atoms with Crippen molar-refractivity contribution < 1.29 is 14.3 Å². The Hall–Kier alpha value is -1.38. The summed E-state index contributed by atoms with van der Waals surface area (Å²) in [7, 11) is 0. The maximum absolute atomic E-state index is 12.8. The highest BCUT2D eigenvalue weighted by atomic mass is 16.5. The number of carbonyl (C=O) groups is 2. The third kappa shape index (κ3) is 3.31. The van der Waals surface area contributed by atoms with Crippen molar-refractivity contribution in [2.75, 3.05) is 0 Å². The van der Waals surface area contributed by atoms with E-state index in [1.54, 1.807) is 0 Å². The summed E-state index contributed by atoms with van der Waals surface area (Å²) < 4.78 is 5.90. The molecule has 30 heavy (non-hydrogen) atoms. The zero-order valence-corrected chi connectivity index (χ0v) is 19.6. The number of ether oxygens (including phenoxy) is 1. The first-order valence-corrected chi connectivity index (χ1v) is 12.1. The molecule has 0 aromatic rings. The van der Waals surface area contributed by atoms with Crippen LogP contribution in [0, 0.1) is 39.9 Å². The van der Waals surface area contributed by atoms with Gasteiger partial charge >= 0.3 is 5.97 Å². The number of hydrogen-bond donors (Lipinski definition) is 0. The average molecular weight is 413 g/mol. The van der Waals surface area contributed by atoms with Gasteiger partial charge in [0.25, 0.3) is 0 Å². The van der Waals surface area contributed by atoms with Crippen LogP contribution in [0.25, 0.3) is 0 Å². The van der Waals surface area contributed by atoms with Gasteiger partial charge in [-0.1, -0.05) is 25.5 Å². The molecule has 0 radical (unpaired) electrons. The van der Waals surface area contributed by atoms with E-state index in [0.29, 0.717) is 29.5 Å². The van der Waals surface area contributed by atoms with E-state index in [1.807, 2.05) is 20.8 Å². The second kappa shape index (κ2) is 7.35. The molecule has 166 valence electrons. The van der Waals surface area contributed by atoms with E-state index in [0.717, 1.165) is 51.4 Å². The maximum atomic E-state index is 12.8. The van der Waals surface area contributed by atoms with Crippen LogP contribution in [0.2, 0.25) is 0 Å². The van der Waals surface area contributed by atoms with Crippen molar-refractivity contribution in [2.45, 2.75) is 92.1 Å². The molecule has 3 heteroatoms. The van der Waals surface area contributed by atoms with Gasteiger partial charge in [-0.05, 0) is 101 Å². The van der Waals surface area contributed by atoms with Crippen molar-refractivity contribution in [1.82, 2.24) is 0 Å². The fraction of sp³-hybridized carbons (Fsp3) is 0.778. The maximum Gasteiger partial charge on any atom is 0.311 e. The number of Topliss-reactive ketones (excluding diaryl/α,β-unsaturated/α-hetero) is 1. The van der Waals surface area contributed by atoms with Crippen LogP contribution in [-0.2, 0) is 14.3 Å². The Kier molecular flexibility index (Phi) is 5.35. The molecule has 7 atom stereocenters. The highest BCUT2D eigenvalue weighted by Gasteiger charge is 2.61. The minimum Gasteiger partial charge on any atom is -0.458 e. The largest absolute Gasteiger partial charge is 0.458 e. The Morgan fingerprint density at radius 1 is 1.17 bits per heavy atom. The number of rotatable bonds is 3. The zero-order valence-electron chi connectivity index (χ0n) is 19.6. The van der Waals surface area contributed by atoms with Crippen molar-refractivity contribution >= 4 is 11.8 Å². The molecule has 0 saturated heterocycles. The van der Waals surface area contributed by atoms with E-state index in [2.05, 4.69) is 32.6 Å². The van der Waals surface area contributed by atoms with Crippen molar-refractivity contribution in [3.05, 3.63) is 24.3 Å².